The molecule has 2 rings (SSSR count). The van der Waals surface area contributed by atoms with Crippen LogP contribution in [0.2, 0.25) is 0 Å². The molecule has 0 aliphatic rings. The van der Waals surface area contributed by atoms with E-state index < -0.39 is 0 Å². The van der Waals surface area contributed by atoms with Crippen molar-refractivity contribution in [2.75, 3.05) is 18.5 Å². The van der Waals surface area contributed by atoms with Gasteiger partial charge in [-0.1, -0.05) is 30.3 Å². The van der Waals surface area contributed by atoms with E-state index in [0.29, 0.717) is 0 Å². The zero-order valence-electron chi connectivity index (χ0n) is 10.9. The molecule has 4 nitrogen and oxygen atoms in total. The van der Waals surface area contributed by atoms with E-state index in [4.69, 9.17) is 5.73 Å². The summed E-state index contributed by atoms with van der Waals surface area (Å²) in [6.45, 7) is 0.285. The van der Waals surface area contributed by atoms with Crippen LogP contribution in [0.4, 0.5) is 5.69 Å². The summed E-state index contributed by atoms with van der Waals surface area (Å²) in [5.41, 5.74) is 7.46. The van der Waals surface area contributed by atoms with Crippen LogP contribution in [0, 0.1) is 0 Å². The van der Waals surface area contributed by atoms with Crippen LogP contribution in [-0.4, -0.2) is 24.5 Å². The van der Waals surface area contributed by atoms with Crippen molar-refractivity contribution in [3.63, 3.8) is 0 Å². The minimum absolute atomic E-state index is 0.0262. The first-order valence-electron chi connectivity index (χ1n) is 6.16. The molecule has 1 amide bonds. The van der Waals surface area contributed by atoms with E-state index in [-0.39, 0.29) is 18.4 Å². The summed E-state index contributed by atoms with van der Waals surface area (Å²) in [6, 6.07) is 13.2. The molecule has 4 heteroatoms. The first-order chi connectivity index (χ1) is 9.24. The Hall–Kier alpha value is -2.20. The number of nitrogens with zero attached hydrogens (tertiary/aromatic N) is 2. The summed E-state index contributed by atoms with van der Waals surface area (Å²) in [5.74, 6) is -0.354. The molecule has 2 N–H and O–H groups in total. The summed E-state index contributed by atoms with van der Waals surface area (Å²) in [7, 11) is 1.74. The fraction of sp³-hybridized carbons (Fsp3) is 0.200. The summed E-state index contributed by atoms with van der Waals surface area (Å²) in [4.78, 5) is 18.1. The van der Waals surface area contributed by atoms with Crippen LogP contribution in [0.1, 0.15) is 11.5 Å². The molecule has 1 aromatic heterocycles. The van der Waals surface area contributed by atoms with Gasteiger partial charge in [0.1, 0.15) is 0 Å². The van der Waals surface area contributed by atoms with Gasteiger partial charge in [0.2, 0.25) is 5.91 Å². The van der Waals surface area contributed by atoms with Crippen molar-refractivity contribution in [3.05, 3.63) is 60.4 Å². The van der Waals surface area contributed by atoms with Crippen molar-refractivity contribution < 1.29 is 4.79 Å². The van der Waals surface area contributed by atoms with Gasteiger partial charge in [0.25, 0.3) is 0 Å². The first kappa shape index (κ1) is 13.2. The van der Waals surface area contributed by atoms with Gasteiger partial charge in [-0.3, -0.25) is 9.78 Å². The zero-order chi connectivity index (χ0) is 13.7. The Morgan fingerprint density at radius 2 is 2.00 bits per heavy atom. The van der Waals surface area contributed by atoms with E-state index in [1.165, 1.54) is 0 Å². The van der Waals surface area contributed by atoms with Crippen LogP contribution in [0.15, 0.2) is 54.9 Å². The Labute approximate surface area is 112 Å². The minimum Gasteiger partial charge on any atom is -0.329 e. The number of anilines is 1. The molecule has 0 saturated heterocycles. The van der Waals surface area contributed by atoms with Gasteiger partial charge in [0.15, 0.2) is 0 Å². The highest BCUT2D eigenvalue weighted by Gasteiger charge is 2.23. The van der Waals surface area contributed by atoms with E-state index in [1.807, 2.05) is 36.4 Å². The summed E-state index contributed by atoms with van der Waals surface area (Å²) >= 11 is 0. The highest BCUT2D eigenvalue weighted by atomic mass is 16.2. The molecule has 0 bridgehead atoms. The third-order valence-corrected chi connectivity index (χ3v) is 3.10. The second kappa shape index (κ2) is 6.11. The number of pyridine rings is 1. The lowest BCUT2D eigenvalue weighted by atomic mass is 9.98. The van der Waals surface area contributed by atoms with Gasteiger partial charge >= 0.3 is 0 Å². The van der Waals surface area contributed by atoms with Crippen LogP contribution < -0.4 is 10.6 Å². The maximum atomic E-state index is 12.5. The van der Waals surface area contributed by atoms with Crippen molar-refractivity contribution in [2.45, 2.75) is 5.92 Å². The van der Waals surface area contributed by atoms with Gasteiger partial charge in [-0.15, -0.1) is 0 Å². The predicted octanol–water partition coefficient (Wildman–Crippen LogP) is 1.79. The second-order valence-electron chi connectivity index (χ2n) is 4.31. The van der Waals surface area contributed by atoms with E-state index >= 15 is 0 Å². The number of rotatable bonds is 4. The molecule has 0 radical (unpaired) electrons. The van der Waals surface area contributed by atoms with E-state index in [9.17, 15) is 4.79 Å². The number of hydrogen-bond donors (Lipinski definition) is 1. The smallest absolute Gasteiger partial charge is 0.235 e. The lowest BCUT2D eigenvalue weighted by Crippen LogP contribution is -2.35. The number of carbonyl (C=O) groups is 1. The fourth-order valence-electron chi connectivity index (χ4n) is 1.98. The molecule has 0 aliphatic carbocycles. The molecular formula is C15H17N3O. The van der Waals surface area contributed by atoms with Crippen molar-refractivity contribution in [2.24, 2.45) is 5.73 Å². The predicted molar refractivity (Wildman–Crippen MR) is 75.9 cm³/mol. The SMILES string of the molecule is CN(C(=O)C(CN)c1ccccc1)c1cccnc1. The second-order valence-corrected chi connectivity index (χ2v) is 4.31. The summed E-state index contributed by atoms with van der Waals surface area (Å²) < 4.78 is 0. The monoisotopic (exact) mass is 255 g/mol. The molecule has 2 aromatic rings. The van der Waals surface area contributed by atoms with Crippen LogP contribution in [0.5, 0.6) is 0 Å². The highest BCUT2D eigenvalue weighted by molar-refractivity contribution is 5.97. The standard InChI is InChI=1S/C15H17N3O/c1-18(13-8-5-9-17-11-13)15(19)14(10-16)12-6-3-2-4-7-12/h2-9,11,14H,10,16H2,1H3. The van der Waals surface area contributed by atoms with E-state index in [1.54, 1.807) is 30.4 Å². The van der Waals surface area contributed by atoms with Crippen molar-refractivity contribution in [1.82, 2.24) is 4.98 Å². The maximum Gasteiger partial charge on any atom is 0.235 e. The molecule has 1 heterocycles. The normalized spacial score (nSPS) is 11.9. The molecular weight excluding hydrogens is 238 g/mol. The number of carbonyl (C=O) groups excluding carboxylic acids is 1. The average Bonchev–Trinajstić information content (AvgIpc) is 2.49. The molecule has 0 aliphatic heterocycles. The maximum absolute atomic E-state index is 12.5. The lowest BCUT2D eigenvalue weighted by Gasteiger charge is -2.23. The topological polar surface area (TPSA) is 59.2 Å². The van der Waals surface area contributed by atoms with Crippen molar-refractivity contribution in [1.29, 1.82) is 0 Å². The number of aromatic nitrogens is 1. The molecule has 0 fully saturated rings. The number of amides is 1. The minimum atomic E-state index is -0.327. The Morgan fingerprint density at radius 1 is 1.26 bits per heavy atom. The Balaban J connectivity index is 2.22. The van der Waals surface area contributed by atoms with Gasteiger partial charge < -0.3 is 10.6 Å². The van der Waals surface area contributed by atoms with E-state index in [2.05, 4.69) is 4.98 Å². The Bertz CT molecular complexity index is 528. The quantitative estimate of drug-likeness (QED) is 0.906. The van der Waals surface area contributed by atoms with Gasteiger partial charge in [-0.05, 0) is 17.7 Å². The van der Waals surface area contributed by atoms with Gasteiger partial charge in [-0.25, -0.2) is 0 Å². The van der Waals surface area contributed by atoms with E-state index in [0.717, 1.165) is 11.3 Å². The third kappa shape index (κ3) is 2.98. The first-order valence-corrected chi connectivity index (χ1v) is 6.16. The number of hydrogen-bond acceptors (Lipinski definition) is 3. The zero-order valence-corrected chi connectivity index (χ0v) is 10.9. The molecule has 98 valence electrons. The molecule has 1 atom stereocenters. The summed E-state index contributed by atoms with van der Waals surface area (Å²) in [6.07, 6.45) is 3.34. The molecule has 1 aromatic carbocycles. The third-order valence-electron chi connectivity index (χ3n) is 3.10. The summed E-state index contributed by atoms with van der Waals surface area (Å²) in [5, 5.41) is 0. The average molecular weight is 255 g/mol. The lowest BCUT2D eigenvalue weighted by molar-refractivity contribution is -0.119. The number of benzene rings is 1. The Kier molecular flexibility index (Phi) is 4.26. The van der Waals surface area contributed by atoms with Gasteiger partial charge in [-0.2, -0.15) is 0 Å². The van der Waals surface area contributed by atoms with Gasteiger partial charge in [0.05, 0.1) is 17.8 Å². The number of likely N-dealkylation sites (N-methyl/N-ethyl adjacent to an activating group) is 1. The Morgan fingerprint density at radius 3 is 2.58 bits per heavy atom. The fourth-order valence-corrected chi connectivity index (χ4v) is 1.98. The molecule has 1 unspecified atom stereocenters. The molecule has 0 spiro atoms. The van der Waals surface area contributed by atoms with Crippen LogP contribution in [0.25, 0.3) is 0 Å². The molecule has 19 heavy (non-hydrogen) atoms. The van der Waals surface area contributed by atoms with Gasteiger partial charge in [0, 0.05) is 19.8 Å². The van der Waals surface area contributed by atoms with Crippen LogP contribution >= 0.6 is 0 Å². The van der Waals surface area contributed by atoms with Crippen LogP contribution in [-0.2, 0) is 4.79 Å². The largest absolute Gasteiger partial charge is 0.329 e. The van der Waals surface area contributed by atoms with Crippen molar-refractivity contribution >= 4 is 11.6 Å². The highest BCUT2D eigenvalue weighted by Crippen LogP contribution is 2.20. The molecule has 0 saturated carbocycles. The van der Waals surface area contributed by atoms with Crippen LogP contribution in [0.3, 0.4) is 0 Å². The van der Waals surface area contributed by atoms with Crippen molar-refractivity contribution in [3.8, 4) is 0 Å². The number of nitrogens with two attached hydrogens (primary N) is 1.